The standard InChI is InChI=1S/C13H21O6PS2/c1-4-21-12-7-5-6-8-13(12)22(16,17)19-10-20(14,15)18-9-11(2)3/h5-8,11H,4,9-10H2,1-3H3,(H,14,15). The molecule has 0 radical (unpaired) electrons. The van der Waals surface area contributed by atoms with Crippen LogP contribution in [-0.2, 0) is 23.4 Å². The Bertz CT molecular complexity index is 629. The Morgan fingerprint density at radius 2 is 1.95 bits per heavy atom. The maximum atomic E-state index is 12.2. The third kappa shape index (κ3) is 6.40. The Labute approximate surface area is 135 Å². The molecule has 0 aliphatic rings. The van der Waals surface area contributed by atoms with Crippen LogP contribution in [0.1, 0.15) is 20.8 Å². The Morgan fingerprint density at radius 3 is 2.55 bits per heavy atom. The van der Waals surface area contributed by atoms with Crippen LogP contribution in [0.4, 0.5) is 0 Å². The molecule has 0 heterocycles. The van der Waals surface area contributed by atoms with Crippen LogP contribution in [0.25, 0.3) is 0 Å². The van der Waals surface area contributed by atoms with Gasteiger partial charge in [0, 0.05) is 4.90 Å². The SMILES string of the molecule is CCSc1ccccc1S(=O)(=O)OCP(=O)(O)OCC(C)C. The fourth-order valence-corrected chi connectivity index (χ4v) is 4.99. The summed E-state index contributed by atoms with van der Waals surface area (Å²) in [7, 11) is -8.22. The molecule has 0 fully saturated rings. The van der Waals surface area contributed by atoms with Gasteiger partial charge in [-0.3, -0.25) is 8.75 Å². The van der Waals surface area contributed by atoms with E-state index in [1.165, 1.54) is 17.8 Å². The maximum Gasteiger partial charge on any atom is 0.355 e. The highest BCUT2D eigenvalue weighted by atomic mass is 32.2. The number of hydrogen-bond acceptors (Lipinski definition) is 6. The van der Waals surface area contributed by atoms with Gasteiger partial charge in [0.05, 0.1) is 6.61 Å². The monoisotopic (exact) mass is 368 g/mol. The second-order valence-corrected chi connectivity index (χ2v) is 9.59. The molecule has 1 aromatic rings. The van der Waals surface area contributed by atoms with Crippen molar-refractivity contribution >= 4 is 29.5 Å². The zero-order chi connectivity index (χ0) is 16.8. The van der Waals surface area contributed by atoms with Crippen molar-refractivity contribution in [1.29, 1.82) is 0 Å². The molecule has 0 amide bonds. The summed E-state index contributed by atoms with van der Waals surface area (Å²) >= 11 is 1.35. The third-order valence-corrected chi connectivity index (χ3v) is 5.99. The van der Waals surface area contributed by atoms with E-state index in [1.807, 2.05) is 20.8 Å². The van der Waals surface area contributed by atoms with Crippen LogP contribution in [0.5, 0.6) is 0 Å². The van der Waals surface area contributed by atoms with Crippen molar-refractivity contribution in [3.05, 3.63) is 24.3 Å². The van der Waals surface area contributed by atoms with E-state index in [0.717, 1.165) is 0 Å². The second-order valence-electron chi connectivity index (χ2n) is 4.91. The summed E-state index contributed by atoms with van der Waals surface area (Å²) in [6, 6.07) is 6.37. The highest BCUT2D eigenvalue weighted by Crippen LogP contribution is 2.43. The molecule has 0 aliphatic carbocycles. The maximum absolute atomic E-state index is 12.2. The Balaban J connectivity index is 2.82. The molecular formula is C13H21O6PS2. The molecule has 9 heteroatoms. The lowest BCUT2D eigenvalue weighted by Gasteiger charge is -2.14. The first kappa shape index (κ1) is 19.7. The summed E-state index contributed by atoms with van der Waals surface area (Å²) in [5.74, 6) is 0.751. The predicted molar refractivity (Wildman–Crippen MR) is 86.6 cm³/mol. The lowest BCUT2D eigenvalue weighted by Crippen LogP contribution is -2.11. The predicted octanol–water partition coefficient (Wildman–Crippen LogP) is 3.32. The first-order chi connectivity index (χ1) is 10.2. The Morgan fingerprint density at radius 1 is 1.32 bits per heavy atom. The summed E-state index contributed by atoms with van der Waals surface area (Å²) in [4.78, 5) is 10.1. The summed E-state index contributed by atoms with van der Waals surface area (Å²) in [6.07, 6.45) is -0.896. The van der Waals surface area contributed by atoms with Crippen LogP contribution in [0, 0.1) is 5.92 Å². The number of rotatable bonds is 9. The van der Waals surface area contributed by atoms with E-state index in [2.05, 4.69) is 0 Å². The second kappa shape index (κ2) is 8.47. The minimum atomic E-state index is -4.12. The molecule has 0 spiro atoms. The molecule has 126 valence electrons. The smallest absolute Gasteiger partial charge is 0.323 e. The van der Waals surface area contributed by atoms with Crippen molar-refractivity contribution in [3.8, 4) is 0 Å². The first-order valence-corrected chi connectivity index (χ1v) is 10.9. The van der Waals surface area contributed by atoms with Crippen molar-refractivity contribution in [2.24, 2.45) is 5.92 Å². The summed E-state index contributed by atoms with van der Waals surface area (Å²) in [6.45, 7) is 5.59. The van der Waals surface area contributed by atoms with Crippen LogP contribution in [0.15, 0.2) is 34.1 Å². The molecule has 0 saturated heterocycles. The average molecular weight is 368 g/mol. The van der Waals surface area contributed by atoms with Gasteiger partial charge in [0.25, 0.3) is 10.1 Å². The summed E-state index contributed by atoms with van der Waals surface area (Å²) < 4.78 is 45.7. The van der Waals surface area contributed by atoms with Crippen molar-refractivity contribution < 1.29 is 26.6 Å². The largest absolute Gasteiger partial charge is 0.355 e. The van der Waals surface area contributed by atoms with Crippen LogP contribution in [-0.4, -0.2) is 32.0 Å². The van der Waals surface area contributed by atoms with Gasteiger partial charge in [0.1, 0.15) is 4.90 Å². The molecular weight excluding hydrogens is 347 g/mol. The minimum Gasteiger partial charge on any atom is -0.323 e. The number of thioether (sulfide) groups is 1. The molecule has 0 bridgehead atoms. The van der Waals surface area contributed by atoms with E-state index in [9.17, 15) is 17.9 Å². The highest BCUT2D eigenvalue weighted by Gasteiger charge is 2.27. The summed E-state index contributed by atoms with van der Waals surface area (Å²) in [5.41, 5.74) is 0. The number of hydrogen-bond donors (Lipinski definition) is 1. The van der Waals surface area contributed by atoms with Crippen molar-refractivity contribution in [2.45, 2.75) is 30.6 Å². The van der Waals surface area contributed by atoms with Gasteiger partial charge in [-0.05, 0) is 23.8 Å². The summed E-state index contributed by atoms with van der Waals surface area (Å²) in [5, 5.41) is 0. The quantitative estimate of drug-likeness (QED) is 0.406. The van der Waals surface area contributed by atoms with Crippen LogP contribution < -0.4 is 0 Å². The Hall–Kier alpha value is -0.370. The van der Waals surface area contributed by atoms with Crippen molar-refractivity contribution in [2.75, 3.05) is 18.7 Å². The fourth-order valence-electron chi connectivity index (χ4n) is 1.43. The van der Waals surface area contributed by atoms with E-state index in [4.69, 9.17) is 8.71 Å². The highest BCUT2D eigenvalue weighted by molar-refractivity contribution is 8.00. The fraction of sp³-hybridized carbons (Fsp3) is 0.538. The van der Waals surface area contributed by atoms with E-state index in [-0.39, 0.29) is 17.4 Å². The van der Waals surface area contributed by atoms with Crippen molar-refractivity contribution in [3.63, 3.8) is 0 Å². The van der Waals surface area contributed by atoms with E-state index < -0.39 is 24.1 Å². The van der Waals surface area contributed by atoms with Gasteiger partial charge in [0.2, 0.25) is 0 Å². The molecule has 1 rings (SSSR count). The molecule has 6 nitrogen and oxygen atoms in total. The third-order valence-electron chi connectivity index (χ3n) is 2.40. The lowest BCUT2D eigenvalue weighted by molar-refractivity contribution is 0.209. The molecule has 0 saturated carbocycles. The molecule has 1 aromatic carbocycles. The van der Waals surface area contributed by atoms with Gasteiger partial charge >= 0.3 is 7.60 Å². The molecule has 1 unspecified atom stereocenters. The molecule has 1 atom stereocenters. The van der Waals surface area contributed by atoms with Crippen LogP contribution in [0.2, 0.25) is 0 Å². The van der Waals surface area contributed by atoms with Gasteiger partial charge in [-0.25, -0.2) is 0 Å². The molecule has 1 N–H and O–H groups in total. The normalized spacial score (nSPS) is 15.0. The topological polar surface area (TPSA) is 89.9 Å². The van der Waals surface area contributed by atoms with E-state index in [1.54, 1.807) is 18.2 Å². The van der Waals surface area contributed by atoms with Crippen LogP contribution >= 0.6 is 19.4 Å². The molecule has 0 aliphatic heterocycles. The average Bonchev–Trinajstić information content (AvgIpc) is 2.44. The number of benzene rings is 1. The van der Waals surface area contributed by atoms with Gasteiger partial charge in [-0.1, -0.05) is 32.9 Å². The Kier molecular flexibility index (Phi) is 7.58. The van der Waals surface area contributed by atoms with Gasteiger partial charge in [-0.15, -0.1) is 11.8 Å². The van der Waals surface area contributed by atoms with Gasteiger partial charge in [-0.2, -0.15) is 8.42 Å². The molecule has 0 aromatic heterocycles. The van der Waals surface area contributed by atoms with Gasteiger partial charge in [0.15, 0.2) is 6.35 Å². The lowest BCUT2D eigenvalue weighted by atomic mass is 10.2. The minimum absolute atomic E-state index is 0.00860. The zero-order valence-corrected chi connectivity index (χ0v) is 15.3. The van der Waals surface area contributed by atoms with Crippen LogP contribution in [0.3, 0.4) is 0 Å². The van der Waals surface area contributed by atoms with Crippen molar-refractivity contribution in [1.82, 2.24) is 0 Å². The van der Waals surface area contributed by atoms with Gasteiger partial charge < -0.3 is 9.42 Å². The molecule has 22 heavy (non-hydrogen) atoms. The van der Waals surface area contributed by atoms with E-state index >= 15 is 0 Å². The van der Waals surface area contributed by atoms with E-state index in [0.29, 0.717) is 10.6 Å². The first-order valence-electron chi connectivity index (χ1n) is 6.75. The zero-order valence-electron chi connectivity index (χ0n) is 12.8.